The van der Waals surface area contributed by atoms with E-state index in [1.54, 1.807) is 6.92 Å². The Bertz CT molecular complexity index is 2190. The van der Waals surface area contributed by atoms with Crippen molar-refractivity contribution in [2.75, 3.05) is 19.7 Å². The van der Waals surface area contributed by atoms with Gasteiger partial charge in [0, 0.05) is 44.0 Å². The van der Waals surface area contributed by atoms with Crippen LogP contribution < -0.4 is 31.9 Å². The minimum atomic E-state index is -1.35. The topological polar surface area (TPSA) is 271 Å². The average Bonchev–Trinajstić information content (AvgIpc) is 3.57. The molecule has 0 spiro atoms. The molecule has 1 saturated heterocycles. The van der Waals surface area contributed by atoms with E-state index < -0.39 is 71.8 Å². The number of Topliss-reactive ketones (excluding diaryl/α,β-unsaturated/α-hetero) is 1. The van der Waals surface area contributed by atoms with Crippen LogP contribution in [-0.2, 0) is 38.3 Å². The third-order valence-corrected chi connectivity index (χ3v) is 12.1. The summed E-state index contributed by atoms with van der Waals surface area (Å²) in [6.07, 6.45) is 0.767. The smallest absolute Gasteiger partial charge is 0.407 e. The van der Waals surface area contributed by atoms with Crippen LogP contribution in [0.25, 0.3) is 11.1 Å². The molecule has 6 amide bonds. The van der Waals surface area contributed by atoms with Crippen LogP contribution in [-0.4, -0.2) is 113 Å². The number of ketones is 1. The highest BCUT2D eigenvalue weighted by Gasteiger charge is 2.35. The lowest BCUT2D eigenvalue weighted by atomic mass is 9.76. The number of alkyl carbamates (subject to hydrolysis) is 1. The van der Waals surface area contributed by atoms with Gasteiger partial charge in [0.25, 0.3) is 0 Å². The van der Waals surface area contributed by atoms with Crippen molar-refractivity contribution in [3.8, 4) is 11.1 Å². The van der Waals surface area contributed by atoms with Gasteiger partial charge in [0.2, 0.25) is 29.5 Å². The highest BCUT2D eigenvalue weighted by Crippen LogP contribution is 2.44. The molecule has 5 atom stereocenters. The maximum atomic E-state index is 14.1. The summed E-state index contributed by atoms with van der Waals surface area (Å²) in [6.45, 7) is 8.54. The molecule has 1 aliphatic heterocycles. The molecule has 1 heterocycles. The number of carboxylic acids is 1. The monoisotopic (exact) mass is 913 g/mol. The van der Waals surface area contributed by atoms with Gasteiger partial charge >= 0.3 is 12.1 Å². The van der Waals surface area contributed by atoms with Crippen molar-refractivity contribution in [2.45, 2.75) is 135 Å². The van der Waals surface area contributed by atoms with Crippen molar-refractivity contribution >= 4 is 53.1 Å². The summed E-state index contributed by atoms with van der Waals surface area (Å²) in [4.78, 5) is 110. The van der Waals surface area contributed by atoms with E-state index in [0.29, 0.717) is 37.8 Å². The Hall–Kier alpha value is -6.59. The number of ether oxygens (including phenoxy) is 1. The van der Waals surface area contributed by atoms with E-state index in [0.717, 1.165) is 22.3 Å². The molecule has 2 aromatic carbocycles. The molecule has 0 saturated carbocycles. The van der Waals surface area contributed by atoms with Crippen LogP contribution in [0.5, 0.6) is 0 Å². The molecule has 0 unspecified atom stereocenters. The van der Waals surface area contributed by atoms with Crippen LogP contribution in [0.4, 0.5) is 4.79 Å². The standard InChI is InChI=1S/C48H63N7O11/c1-27(41-38(56)24-48(4,5)25-39(41)57)49-22-12-10-18-35-44(61)52-28(2)42(59)51-29(3)43(60)54-37(46(63)64)19-11-13-23-50-40(58)21-20-36(45(62)53-35)55-47(65)66-26-34-32-16-8-6-14-30(32)31-15-7-9-17-33(31)34/h6-9,14-17,28-29,34-37,56H,10-13,18-26H2,1-5H3,(H,50,58)(H,51,59)(H,52,61)(H,53,62)(H,54,60)(H,55,65)(H,63,64)/t28-,29-,35-,36-,37-/m0/s1. The Balaban J connectivity index is 1.33. The number of aliphatic hydroxyl groups excluding tert-OH is 1. The second-order valence-electron chi connectivity index (χ2n) is 18.1. The summed E-state index contributed by atoms with van der Waals surface area (Å²) in [6, 6.07) is 9.34. The molecule has 3 aliphatic rings. The van der Waals surface area contributed by atoms with Gasteiger partial charge in [0.05, 0.1) is 5.57 Å². The number of aliphatic carboxylic acids is 1. The molecule has 0 bridgehead atoms. The van der Waals surface area contributed by atoms with Crippen molar-refractivity contribution in [1.29, 1.82) is 0 Å². The number of hydrogen-bond acceptors (Lipinski definition) is 11. The van der Waals surface area contributed by atoms with Crippen LogP contribution in [0.3, 0.4) is 0 Å². The van der Waals surface area contributed by atoms with Crippen LogP contribution in [0, 0.1) is 5.41 Å². The van der Waals surface area contributed by atoms with Gasteiger partial charge in [0.1, 0.15) is 42.6 Å². The molecule has 8 N–H and O–H groups in total. The van der Waals surface area contributed by atoms with Crippen LogP contribution in [0.2, 0.25) is 0 Å². The molecule has 0 radical (unpaired) electrons. The van der Waals surface area contributed by atoms with Gasteiger partial charge in [-0.2, -0.15) is 0 Å². The fraction of sp³-hybridized carbons (Fsp3) is 0.521. The molecule has 2 aliphatic carbocycles. The van der Waals surface area contributed by atoms with Gasteiger partial charge in [-0.15, -0.1) is 0 Å². The van der Waals surface area contributed by atoms with E-state index in [-0.39, 0.29) is 80.2 Å². The zero-order valence-corrected chi connectivity index (χ0v) is 38.3. The van der Waals surface area contributed by atoms with E-state index in [4.69, 9.17) is 4.74 Å². The Morgan fingerprint density at radius 2 is 1.42 bits per heavy atom. The Labute approximate surface area is 384 Å². The van der Waals surface area contributed by atoms with Gasteiger partial charge < -0.3 is 46.9 Å². The van der Waals surface area contributed by atoms with Crippen molar-refractivity contribution in [2.24, 2.45) is 10.4 Å². The second kappa shape index (κ2) is 23.0. The molecular weight excluding hydrogens is 851 g/mol. The van der Waals surface area contributed by atoms with Crippen molar-refractivity contribution < 1.29 is 53.3 Å². The van der Waals surface area contributed by atoms with Crippen molar-refractivity contribution in [1.82, 2.24) is 31.9 Å². The SMILES string of the molecule is CC(=NCCCC[C@@H]1NC(=O)[C@@H](NC(=O)OCC2c3ccccc3-c3ccccc32)CCC(=O)NCCCC[C@@H](C(=O)O)NC(=O)[C@H](C)NC(=O)[C@H](C)NC1=O)C1=C(O)CC(C)(C)CC1=O. The quantitative estimate of drug-likeness (QED) is 0.125. The number of allylic oxidation sites excluding steroid dienone is 2. The normalized spacial score (nSPS) is 24.0. The zero-order valence-electron chi connectivity index (χ0n) is 38.3. The van der Waals surface area contributed by atoms with Crippen LogP contribution >= 0.6 is 0 Å². The number of rotatable bonds is 10. The largest absolute Gasteiger partial charge is 0.511 e. The average molecular weight is 914 g/mol. The first-order valence-electron chi connectivity index (χ1n) is 22.6. The zero-order chi connectivity index (χ0) is 48.1. The number of benzene rings is 2. The number of nitrogens with zero attached hydrogens (tertiary/aromatic N) is 1. The predicted octanol–water partition coefficient (Wildman–Crippen LogP) is 3.87. The maximum Gasteiger partial charge on any atom is 0.407 e. The van der Waals surface area contributed by atoms with Gasteiger partial charge in [-0.3, -0.25) is 33.8 Å². The number of hydrogen-bond donors (Lipinski definition) is 8. The molecular formula is C48H63N7O11. The highest BCUT2D eigenvalue weighted by molar-refractivity contribution is 6.22. The minimum Gasteiger partial charge on any atom is -0.511 e. The summed E-state index contributed by atoms with van der Waals surface area (Å²) in [7, 11) is 0. The molecule has 2 aromatic rings. The number of amides is 6. The number of carboxylic acid groups (broad SMARTS) is 1. The molecule has 18 nitrogen and oxygen atoms in total. The van der Waals surface area contributed by atoms with Gasteiger partial charge in [-0.25, -0.2) is 9.59 Å². The first-order valence-corrected chi connectivity index (χ1v) is 22.6. The third kappa shape index (κ3) is 13.7. The molecule has 66 heavy (non-hydrogen) atoms. The fourth-order valence-electron chi connectivity index (χ4n) is 8.48. The summed E-state index contributed by atoms with van der Waals surface area (Å²) in [5.41, 5.74) is 4.24. The summed E-state index contributed by atoms with van der Waals surface area (Å²) < 4.78 is 5.73. The van der Waals surface area contributed by atoms with Crippen LogP contribution in [0.15, 0.2) is 64.9 Å². The summed E-state index contributed by atoms with van der Waals surface area (Å²) >= 11 is 0. The van der Waals surface area contributed by atoms with E-state index >= 15 is 0 Å². The van der Waals surface area contributed by atoms with E-state index in [1.807, 2.05) is 62.4 Å². The lowest BCUT2D eigenvalue weighted by molar-refractivity contribution is -0.142. The third-order valence-electron chi connectivity index (χ3n) is 12.1. The number of aliphatic imine (C=N–C) groups is 1. The van der Waals surface area contributed by atoms with Crippen molar-refractivity contribution in [3.05, 3.63) is 71.0 Å². The fourth-order valence-corrected chi connectivity index (χ4v) is 8.48. The molecule has 18 heteroatoms. The number of unbranched alkanes of at least 4 members (excludes halogenated alkanes) is 1. The van der Waals surface area contributed by atoms with Gasteiger partial charge in [-0.1, -0.05) is 62.4 Å². The Morgan fingerprint density at radius 3 is 2.06 bits per heavy atom. The lowest BCUT2D eigenvalue weighted by Gasteiger charge is -2.29. The van der Waals surface area contributed by atoms with Crippen LogP contribution in [0.1, 0.15) is 116 Å². The van der Waals surface area contributed by atoms with Gasteiger partial charge in [-0.05, 0) is 93.4 Å². The van der Waals surface area contributed by atoms with Gasteiger partial charge in [0.15, 0.2) is 5.78 Å². The second-order valence-corrected chi connectivity index (χ2v) is 18.1. The molecule has 1 fully saturated rings. The highest BCUT2D eigenvalue weighted by atomic mass is 16.5. The first kappa shape index (κ1) is 50.4. The first-order chi connectivity index (χ1) is 31.3. The molecule has 0 aromatic heterocycles. The number of nitrogens with one attached hydrogen (secondary N) is 6. The van der Waals surface area contributed by atoms with E-state index in [9.17, 15) is 48.6 Å². The number of carbonyl (C=O) groups excluding carboxylic acids is 7. The maximum absolute atomic E-state index is 14.1. The van der Waals surface area contributed by atoms with Crippen molar-refractivity contribution in [3.63, 3.8) is 0 Å². The summed E-state index contributed by atoms with van der Waals surface area (Å²) in [5, 5.41) is 35.9. The predicted molar refractivity (Wildman–Crippen MR) is 244 cm³/mol. The number of carbonyl (C=O) groups is 8. The van der Waals surface area contributed by atoms with E-state index in [2.05, 4.69) is 36.9 Å². The van der Waals surface area contributed by atoms with E-state index in [1.165, 1.54) is 13.8 Å². The Morgan fingerprint density at radius 1 is 0.803 bits per heavy atom. The molecule has 356 valence electrons. The summed E-state index contributed by atoms with van der Waals surface area (Å²) in [5.74, 6) is -5.26. The number of aliphatic hydroxyl groups is 1. The Kier molecular flexibility index (Phi) is 17.6. The number of fused-ring (bicyclic) bond motifs is 3. The molecule has 5 rings (SSSR count). The minimum absolute atomic E-state index is 0.00738. The lowest BCUT2D eigenvalue weighted by Crippen LogP contribution is -2.57.